The zero-order valence-electron chi connectivity index (χ0n) is 23.7. The summed E-state index contributed by atoms with van der Waals surface area (Å²) in [6.45, 7) is 13.8. The fraction of sp³-hybridized carbons (Fsp3) is 0.387. The van der Waals surface area contributed by atoms with Crippen LogP contribution in [0.5, 0.6) is 5.75 Å². The van der Waals surface area contributed by atoms with Gasteiger partial charge in [-0.1, -0.05) is 57.5 Å². The van der Waals surface area contributed by atoms with E-state index in [2.05, 4.69) is 39.1 Å². The number of hydrogen-bond donors (Lipinski definition) is 1. The average Bonchev–Trinajstić information content (AvgIpc) is 2.87. The molecule has 7 heteroatoms. The van der Waals surface area contributed by atoms with E-state index in [0.717, 1.165) is 33.6 Å². The Balaban J connectivity index is 1.93. The first-order chi connectivity index (χ1) is 17.8. The Labute approximate surface area is 228 Å². The molecule has 38 heavy (non-hydrogen) atoms. The average molecular weight is 537 g/mol. The maximum Gasteiger partial charge on any atom is 0.264 e. The van der Waals surface area contributed by atoms with Crippen molar-refractivity contribution < 1.29 is 17.9 Å². The van der Waals surface area contributed by atoms with Gasteiger partial charge in [0.25, 0.3) is 10.0 Å². The zero-order chi connectivity index (χ0) is 28.2. The van der Waals surface area contributed by atoms with Gasteiger partial charge in [-0.05, 0) is 91.3 Å². The van der Waals surface area contributed by atoms with Crippen LogP contribution in [-0.2, 0) is 14.8 Å². The lowest BCUT2D eigenvalue weighted by atomic mass is 9.93. The van der Waals surface area contributed by atoms with Crippen LogP contribution in [-0.4, -0.2) is 28.0 Å². The molecule has 3 aromatic carbocycles. The van der Waals surface area contributed by atoms with E-state index in [1.165, 1.54) is 4.31 Å². The molecule has 0 fully saturated rings. The first-order valence-corrected chi connectivity index (χ1v) is 14.5. The molecular weight excluding hydrogens is 496 g/mol. The van der Waals surface area contributed by atoms with Crippen molar-refractivity contribution in [3.05, 3.63) is 88.5 Å². The topological polar surface area (TPSA) is 75.7 Å². The summed E-state index contributed by atoms with van der Waals surface area (Å²) < 4.78 is 34.2. The van der Waals surface area contributed by atoms with Gasteiger partial charge in [0.2, 0.25) is 5.91 Å². The maximum atomic E-state index is 13.7. The SMILES string of the molecule is COc1cc(C)c([C@@H](C)NC(=O)CN(c2ccc(C(C)C)cc2)S(=O)(=O)c2ccc(C)cc2)cc1C(C)C. The fourth-order valence-corrected chi connectivity index (χ4v) is 5.90. The lowest BCUT2D eigenvalue weighted by Crippen LogP contribution is -2.41. The number of sulfonamides is 1. The minimum absolute atomic E-state index is 0.143. The van der Waals surface area contributed by atoms with Gasteiger partial charge in [0, 0.05) is 0 Å². The number of hydrogen-bond acceptors (Lipinski definition) is 4. The molecule has 6 nitrogen and oxygen atoms in total. The van der Waals surface area contributed by atoms with Crippen LogP contribution in [0.2, 0.25) is 0 Å². The summed E-state index contributed by atoms with van der Waals surface area (Å²) in [6.07, 6.45) is 0. The smallest absolute Gasteiger partial charge is 0.264 e. The number of methoxy groups -OCH3 is 1. The molecule has 1 N–H and O–H groups in total. The molecule has 0 saturated carbocycles. The Morgan fingerprint density at radius 1 is 0.868 bits per heavy atom. The number of rotatable bonds is 10. The van der Waals surface area contributed by atoms with E-state index in [1.807, 2.05) is 39.0 Å². The minimum atomic E-state index is -3.98. The van der Waals surface area contributed by atoms with Gasteiger partial charge in [0.15, 0.2) is 0 Å². The van der Waals surface area contributed by atoms with Crippen molar-refractivity contribution in [2.75, 3.05) is 18.0 Å². The molecule has 1 atom stereocenters. The number of nitrogens with one attached hydrogen (secondary N) is 1. The molecule has 0 spiro atoms. The van der Waals surface area contributed by atoms with Crippen molar-refractivity contribution in [1.82, 2.24) is 5.32 Å². The van der Waals surface area contributed by atoms with Gasteiger partial charge in [-0.25, -0.2) is 8.42 Å². The molecule has 0 aromatic heterocycles. The molecular formula is C31H40N2O4S. The molecule has 0 aliphatic rings. The Hall–Kier alpha value is -3.32. The highest BCUT2D eigenvalue weighted by Gasteiger charge is 2.28. The summed E-state index contributed by atoms with van der Waals surface area (Å²) in [6, 6.07) is 17.7. The third-order valence-corrected chi connectivity index (χ3v) is 8.62. The van der Waals surface area contributed by atoms with Gasteiger partial charge >= 0.3 is 0 Å². The third-order valence-electron chi connectivity index (χ3n) is 6.83. The van der Waals surface area contributed by atoms with Crippen molar-refractivity contribution in [3.8, 4) is 5.75 Å². The highest BCUT2D eigenvalue weighted by molar-refractivity contribution is 7.92. The van der Waals surface area contributed by atoms with Gasteiger partial charge in [-0.2, -0.15) is 0 Å². The monoisotopic (exact) mass is 536 g/mol. The predicted molar refractivity (Wildman–Crippen MR) is 155 cm³/mol. The highest BCUT2D eigenvalue weighted by atomic mass is 32.2. The molecule has 3 rings (SSSR count). The molecule has 0 unspecified atom stereocenters. The summed E-state index contributed by atoms with van der Waals surface area (Å²) in [4.78, 5) is 13.5. The van der Waals surface area contributed by atoms with Gasteiger partial charge in [-0.3, -0.25) is 9.10 Å². The standard InChI is InChI=1S/C31H40N2O4S/c1-20(2)25-11-13-26(14-12-25)33(38(35,36)27-15-9-22(5)10-16-27)19-31(34)32-24(7)29-18-28(21(3)4)30(37-8)17-23(29)6/h9-18,20-21,24H,19H2,1-8H3,(H,32,34)/t24-/m1/s1. The molecule has 1 amide bonds. The normalized spacial score (nSPS) is 12.5. The molecule has 0 bridgehead atoms. The third kappa shape index (κ3) is 6.57. The molecule has 0 aliphatic heterocycles. The molecule has 0 heterocycles. The number of carbonyl (C=O) groups excluding carboxylic acids is 1. The predicted octanol–water partition coefficient (Wildman–Crippen LogP) is 6.63. The molecule has 0 aliphatic carbocycles. The lowest BCUT2D eigenvalue weighted by Gasteiger charge is -2.26. The Bertz CT molecular complexity index is 1360. The summed E-state index contributed by atoms with van der Waals surface area (Å²) in [5.41, 5.74) is 5.52. The summed E-state index contributed by atoms with van der Waals surface area (Å²) in [5.74, 6) is 0.984. The van der Waals surface area contributed by atoms with Crippen molar-refractivity contribution in [3.63, 3.8) is 0 Å². The zero-order valence-corrected chi connectivity index (χ0v) is 24.5. The maximum absolute atomic E-state index is 13.7. The van der Waals surface area contributed by atoms with Crippen molar-refractivity contribution in [1.29, 1.82) is 0 Å². The first-order valence-electron chi connectivity index (χ1n) is 13.0. The number of amides is 1. The van der Waals surface area contributed by atoms with Crippen LogP contribution < -0.4 is 14.4 Å². The van der Waals surface area contributed by atoms with Gasteiger partial charge in [0.1, 0.15) is 12.3 Å². The summed E-state index contributed by atoms with van der Waals surface area (Å²) in [5, 5.41) is 3.02. The molecule has 204 valence electrons. The van der Waals surface area contributed by atoms with Crippen LogP contribution in [0.4, 0.5) is 5.69 Å². The highest BCUT2D eigenvalue weighted by Crippen LogP contribution is 2.32. The Morgan fingerprint density at radius 3 is 2.00 bits per heavy atom. The lowest BCUT2D eigenvalue weighted by molar-refractivity contribution is -0.120. The molecule has 0 radical (unpaired) electrons. The second-order valence-electron chi connectivity index (χ2n) is 10.5. The molecule has 0 saturated heterocycles. The Kier molecular flexibility index (Phi) is 9.26. The van der Waals surface area contributed by atoms with Crippen LogP contribution in [0, 0.1) is 13.8 Å². The van der Waals surface area contributed by atoms with Crippen LogP contribution in [0.1, 0.15) is 80.3 Å². The number of ether oxygens (including phenoxy) is 1. The van der Waals surface area contributed by atoms with E-state index >= 15 is 0 Å². The Morgan fingerprint density at radius 2 is 1.47 bits per heavy atom. The first kappa shape index (κ1) is 29.2. The van der Waals surface area contributed by atoms with Gasteiger partial charge in [0.05, 0.1) is 23.7 Å². The number of aryl methyl sites for hydroxylation is 2. The fourth-order valence-electron chi connectivity index (χ4n) is 4.48. The van der Waals surface area contributed by atoms with Crippen LogP contribution >= 0.6 is 0 Å². The van der Waals surface area contributed by atoms with E-state index in [1.54, 1.807) is 43.5 Å². The second-order valence-corrected chi connectivity index (χ2v) is 12.3. The quantitative estimate of drug-likeness (QED) is 0.315. The van der Waals surface area contributed by atoms with Crippen LogP contribution in [0.25, 0.3) is 0 Å². The van der Waals surface area contributed by atoms with E-state index < -0.39 is 10.0 Å². The largest absolute Gasteiger partial charge is 0.496 e. The minimum Gasteiger partial charge on any atom is -0.496 e. The number of benzene rings is 3. The van der Waals surface area contributed by atoms with E-state index in [-0.39, 0.29) is 29.3 Å². The van der Waals surface area contributed by atoms with Crippen molar-refractivity contribution in [2.24, 2.45) is 0 Å². The van der Waals surface area contributed by atoms with E-state index in [4.69, 9.17) is 4.74 Å². The van der Waals surface area contributed by atoms with E-state index in [9.17, 15) is 13.2 Å². The number of nitrogens with zero attached hydrogens (tertiary/aromatic N) is 1. The van der Waals surface area contributed by atoms with Gasteiger partial charge < -0.3 is 10.1 Å². The second kappa shape index (κ2) is 12.0. The van der Waals surface area contributed by atoms with Crippen LogP contribution in [0.3, 0.4) is 0 Å². The van der Waals surface area contributed by atoms with Crippen molar-refractivity contribution >= 4 is 21.6 Å². The van der Waals surface area contributed by atoms with E-state index in [0.29, 0.717) is 11.6 Å². The summed E-state index contributed by atoms with van der Waals surface area (Å²) in [7, 11) is -2.32. The molecule has 3 aromatic rings. The van der Waals surface area contributed by atoms with Crippen LogP contribution in [0.15, 0.2) is 65.6 Å². The number of anilines is 1. The van der Waals surface area contributed by atoms with Gasteiger partial charge in [-0.15, -0.1) is 0 Å². The summed E-state index contributed by atoms with van der Waals surface area (Å²) >= 11 is 0. The number of carbonyl (C=O) groups is 1. The van der Waals surface area contributed by atoms with Crippen molar-refractivity contribution in [2.45, 2.75) is 71.2 Å².